The van der Waals surface area contributed by atoms with Gasteiger partial charge in [-0.25, -0.2) is 4.98 Å². The quantitative estimate of drug-likeness (QED) is 0.657. The number of hydrogen-bond acceptors (Lipinski definition) is 4. The number of halogens is 1. The van der Waals surface area contributed by atoms with Crippen LogP contribution < -0.4 is 5.32 Å². The smallest absolute Gasteiger partial charge is 0.246 e. The number of rotatable bonds is 3. The lowest BCUT2D eigenvalue weighted by atomic mass is 9.47. The van der Waals surface area contributed by atoms with Crippen molar-refractivity contribution >= 4 is 39.9 Å². The van der Waals surface area contributed by atoms with Gasteiger partial charge in [0.15, 0.2) is 5.13 Å². The zero-order valence-electron chi connectivity index (χ0n) is 18.6. The molecule has 1 N–H and O–H groups in total. The lowest BCUT2D eigenvalue weighted by Crippen LogP contribution is -2.59. The molecule has 0 spiro atoms. The van der Waals surface area contributed by atoms with E-state index in [4.69, 9.17) is 11.6 Å². The lowest BCUT2D eigenvalue weighted by Gasteiger charge is -2.60. The van der Waals surface area contributed by atoms with Gasteiger partial charge >= 0.3 is 0 Å². The number of amides is 2. The second-order valence-electron chi connectivity index (χ2n) is 10.7. The van der Waals surface area contributed by atoms with Gasteiger partial charge in [0, 0.05) is 24.9 Å². The summed E-state index contributed by atoms with van der Waals surface area (Å²) >= 11 is 7.26. The van der Waals surface area contributed by atoms with Crippen molar-refractivity contribution in [1.82, 2.24) is 9.88 Å². The van der Waals surface area contributed by atoms with Gasteiger partial charge in [0.05, 0.1) is 6.20 Å². The Labute approximate surface area is 193 Å². The maximum Gasteiger partial charge on any atom is 0.246 e. The highest BCUT2D eigenvalue weighted by Gasteiger charge is 2.60. The standard InChI is InChI=1S/C24H32ClN3O2S/c1-23-10-8-17-15(5-7-18-24(17,2)11-9-21(30)28(18)3)16(23)6-4-14(23)12-20(29)27-22-26-13-19(25)31-22/h9,11,13-18H,4-8,10,12H2,1-3H3,(H,26,27,29)/t14-,15+,16+,17+,18-,23-,24-/m1/s1. The second-order valence-corrected chi connectivity index (χ2v) is 12.3. The summed E-state index contributed by atoms with van der Waals surface area (Å²) in [4.78, 5) is 31.1. The van der Waals surface area contributed by atoms with Crippen LogP contribution in [0.1, 0.15) is 58.8 Å². The average molecular weight is 462 g/mol. The normalized spacial score (nSPS) is 41.5. The van der Waals surface area contributed by atoms with E-state index in [-0.39, 0.29) is 22.6 Å². The van der Waals surface area contributed by atoms with E-state index in [2.05, 4.69) is 30.2 Å². The van der Waals surface area contributed by atoms with Crippen LogP contribution in [0.2, 0.25) is 4.34 Å². The number of fused-ring (bicyclic) bond motifs is 5. The van der Waals surface area contributed by atoms with Crippen LogP contribution in [-0.2, 0) is 9.59 Å². The fourth-order valence-electron chi connectivity index (χ4n) is 7.89. The first-order chi connectivity index (χ1) is 14.7. The number of likely N-dealkylation sites (N-methyl/N-ethyl adjacent to an activating group) is 1. The van der Waals surface area contributed by atoms with Crippen LogP contribution in [-0.4, -0.2) is 34.8 Å². The summed E-state index contributed by atoms with van der Waals surface area (Å²) in [7, 11) is 1.97. The van der Waals surface area contributed by atoms with Gasteiger partial charge in [-0.15, -0.1) is 0 Å². The van der Waals surface area contributed by atoms with Gasteiger partial charge in [0.2, 0.25) is 11.8 Å². The van der Waals surface area contributed by atoms with Crippen molar-refractivity contribution in [3.05, 3.63) is 22.7 Å². The first-order valence-corrected chi connectivity index (χ1v) is 12.8. The number of carbonyl (C=O) groups is 2. The van der Waals surface area contributed by atoms with Gasteiger partial charge < -0.3 is 10.2 Å². The minimum Gasteiger partial charge on any atom is -0.338 e. The molecule has 5 rings (SSSR count). The van der Waals surface area contributed by atoms with Crippen LogP contribution >= 0.6 is 22.9 Å². The largest absolute Gasteiger partial charge is 0.338 e. The van der Waals surface area contributed by atoms with Crippen molar-refractivity contribution in [1.29, 1.82) is 0 Å². The van der Waals surface area contributed by atoms with Gasteiger partial charge in [-0.05, 0) is 73.7 Å². The van der Waals surface area contributed by atoms with Gasteiger partial charge in [0.1, 0.15) is 4.34 Å². The van der Waals surface area contributed by atoms with Gasteiger partial charge in [-0.1, -0.05) is 42.9 Å². The molecule has 7 atom stereocenters. The van der Waals surface area contributed by atoms with Crippen LogP contribution in [0.15, 0.2) is 18.3 Å². The zero-order chi connectivity index (χ0) is 22.0. The third-order valence-electron chi connectivity index (χ3n) is 9.48. The van der Waals surface area contributed by atoms with E-state index >= 15 is 0 Å². The third-order valence-corrected chi connectivity index (χ3v) is 10.5. The summed E-state index contributed by atoms with van der Waals surface area (Å²) in [5, 5.41) is 3.54. The molecule has 0 radical (unpaired) electrons. The Balaban J connectivity index is 1.32. The van der Waals surface area contributed by atoms with Crippen molar-refractivity contribution in [2.24, 2.45) is 34.5 Å². The van der Waals surface area contributed by atoms with Crippen LogP contribution in [0, 0.1) is 34.5 Å². The summed E-state index contributed by atoms with van der Waals surface area (Å²) in [5.41, 5.74) is 0.300. The van der Waals surface area contributed by atoms with Crippen LogP contribution in [0.25, 0.3) is 0 Å². The molecule has 0 unspecified atom stereocenters. The minimum atomic E-state index is 0.0611. The van der Waals surface area contributed by atoms with E-state index in [1.807, 2.05) is 11.9 Å². The molecule has 3 aliphatic carbocycles. The molecule has 1 aromatic rings. The Morgan fingerprint density at radius 1 is 1.26 bits per heavy atom. The molecule has 2 amide bonds. The number of aromatic nitrogens is 1. The highest BCUT2D eigenvalue weighted by molar-refractivity contribution is 7.19. The zero-order valence-corrected chi connectivity index (χ0v) is 20.1. The molecule has 4 aliphatic rings. The molecule has 168 valence electrons. The molecule has 0 bridgehead atoms. The molecule has 3 saturated carbocycles. The molecular formula is C24H32ClN3O2S. The summed E-state index contributed by atoms with van der Waals surface area (Å²) in [5.74, 6) is 2.62. The van der Waals surface area contributed by atoms with Crippen LogP contribution in [0.3, 0.4) is 0 Å². The summed E-state index contributed by atoms with van der Waals surface area (Å²) in [6, 6.07) is 0.323. The Morgan fingerprint density at radius 3 is 2.81 bits per heavy atom. The number of carbonyl (C=O) groups excluding carboxylic acids is 2. The topological polar surface area (TPSA) is 62.3 Å². The Bertz CT molecular complexity index is 932. The molecule has 2 heterocycles. The molecule has 0 aromatic carbocycles. The van der Waals surface area contributed by atoms with Gasteiger partial charge in [-0.2, -0.15) is 0 Å². The first-order valence-electron chi connectivity index (χ1n) is 11.6. The maximum atomic E-state index is 12.7. The Morgan fingerprint density at radius 2 is 2.06 bits per heavy atom. The fourth-order valence-corrected chi connectivity index (χ4v) is 8.72. The van der Waals surface area contributed by atoms with Gasteiger partial charge in [-0.3, -0.25) is 9.59 Å². The van der Waals surface area contributed by atoms with Crippen molar-refractivity contribution in [3.63, 3.8) is 0 Å². The lowest BCUT2D eigenvalue weighted by molar-refractivity contribution is -0.139. The number of hydrogen-bond donors (Lipinski definition) is 1. The summed E-state index contributed by atoms with van der Waals surface area (Å²) in [6.07, 6.45) is 13.2. The SMILES string of the molecule is CN1C(=O)C=C[C@]2(C)[C@H]3CC[C@]4(C)[C@@H](CC(=O)Nc5ncc(Cl)s5)CC[C@H]4[C@@H]3CC[C@@H]12. The van der Waals surface area contributed by atoms with Crippen molar-refractivity contribution in [2.75, 3.05) is 12.4 Å². The molecule has 1 aromatic heterocycles. The van der Waals surface area contributed by atoms with E-state index in [0.717, 1.165) is 12.8 Å². The minimum absolute atomic E-state index is 0.0611. The predicted molar refractivity (Wildman–Crippen MR) is 124 cm³/mol. The van der Waals surface area contributed by atoms with E-state index in [1.54, 1.807) is 12.3 Å². The van der Waals surface area contributed by atoms with E-state index in [9.17, 15) is 9.59 Å². The number of nitrogens with zero attached hydrogens (tertiary/aromatic N) is 2. The molecule has 7 heteroatoms. The van der Waals surface area contributed by atoms with E-state index in [1.165, 1.54) is 37.0 Å². The number of nitrogens with one attached hydrogen (secondary N) is 1. The molecule has 1 aliphatic heterocycles. The predicted octanol–water partition coefficient (Wildman–Crippen LogP) is 5.38. The Kier molecular flexibility index (Phi) is 5.25. The average Bonchev–Trinajstić information content (AvgIpc) is 3.28. The van der Waals surface area contributed by atoms with Crippen LogP contribution in [0.5, 0.6) is 0 Å². The van der Waals surface area contributed by atoms with E-state index in [0.29, 0.717) is 45.6 Å². The van der Waals surface area contributed by atoms with Crippen molar-refractivity contribution in [2.45, 2.75) is 64.8 Å². The fraction of sp³-hybridized carbons (Fsp3) is 0.708. The molecule has 0 saturated heterocycles. The molecular weight excluding hydrogens is 430 g/mol. The van der Waals surface area contributed by atoms with E-state index < -0.39 is 0 Å². The summed E-state index contributed by atoms with van der Waals surface area (Å²) < 4.78 is 0.592. The maximum absolute atomic E-state index is 12.7. The Hall–Kier alpha value is -1.40. The van der Waals surface area contributed by atoms with Gasteiger partial charge in [0.25, 0.3) is 0 Å². The second kappa shape index (κ2) is 7.58. The molecule has 5 nitrogen and oxygen atoms in total. The molecule has 31 heavy (non-hydrogen) atoms. The highest BCUT2D eigenvalue weighted by atomic mass is 35.5. The monoisotopic (exact) mass is 461 g/mol. The van der Waals surface area contributed by atoms with Crippen LogP contribution in [0.4, 0.5) is 5.13 Å². The third kappa shape index (κ3) is 3.36. The first kappa shape index (κ1) is 21.4. The van der Waals surface area contributed by atoms with Crippen molar-refractivity contribution in [3.8, 4) is 0 Å². The number of anilines is 1. The summed E-state index contributed by atoms with van der Waals surface area (Å²) in [6.45, 7) is 4.83. The molecule has 3 fully saturated rings. The highest BCUT2D eigenvalue weighted by Crippen LogP contribution is 2.65. The van der Waals surface area contributed by atoms with Crippen molar-refractivity contribution < 1.29 is 9.59 Å². The number of thiazole rings is 1.